The molecule has 2 saturated carbocycles. The molecule has 6 heteroatoms. The van der Waals surface area contributed by atoms with Crippen molar-refractivity contribution < 1.29 is 13.2 Å². The molecule has 1 amide bonds. The van der Waals surface area contributed by atoms with Gasteiger partial charge in [0, 0.05) is 6.54 Å². The van der Waals surface area contributed by atoms with Crippen LogP contribution >= 0.6 is 0 Å². The van der Waals surface area contributed by atoms with E-state index < -0.39 is 10.0 Å². The van der Waals surface area contributed by atoms with Crippen LogP contribution in [0.2, 0.25) is 0 Å². The molecule has 0 bridgehead atoms. The van der Waals surface area contributed by atoms with Crippen LogP contribution in [0.4, 0.5) is 0 Å². The second-order valence-corrected chi connectivity index (χ2v) is 7.31. The summed E-state index contributed by atoms with van der Waals surface area (Å²) in [6.45, 7) is 0.856. The van der Waals surface area contributed by atoms with Crippen molar-refractivity contribution in [3.63, 3.8) is 0 Å². The summed E-state index contributed by atoms with van der Waals surface area (Å²) in [5, 5.41) is 2.79. The number of nitrogens with one attached hydrogen (secondary N) is 2. The maximum atomic E-state index is 11.8. The second kappa shape index (κ2) is 3.20. The van der Waals surface area contributed by atoms with Gasteiger partial charge in [0.05, 0.1) is 11.3 Å². The van der Waals surface area contributed by atoms with Gasteiger partial charge in [-0.15, -0.1) is 0 Å². The lowest BCUT2D eigenvalue weighted by molar-refractivity contribution is -0.121. The third-order valence-electron chi connectivity index (χ3n) is 3.84. The minimum atomic E-state index is -3.38. The van der Waals surface area contributed by atoms with E-state index in [2.05, 4.69) is 10.0 Å². The van der Waals surface area contributed by atoms with Gasteiger partial charge in [0.1, 0.15) is 0 Å². The van der Waals surface area contributed by atoms with Crippen molar-refractivity contribution >= 4 is 15.9 Å². The first-order valence-electron chi connectivity index (χ1n) is 5.80. The number of sulfonamides is 1. The van der Waals surface area contributed by atoms with Gasteiger partial charge in [0.15, 0.2) is 0 Å². The fourth-order valence-electron chi connectivity index (χ4n) is 2.33. The Kier molecular flexibility index (Phi) is 2.10. The predicted octanol–water partition coefficient (Wildman–Crippen LogP) is -0.263. The number of hydrogen-bond donors (Lipinski definition) is 2. The first kappa shape index (κ1) is 10.5. The van der Waals surface area contributed by atoms with Crippen LogP contribution in [0.5, 0.6) is 0 Å². The Bertz CT molecular complexity index is 423. The summed E-state index contributed by atoms with van der Waals surface area (Å²) in [5.74, 6) is -0.365. The molecule has 3 aliphatic rings. The molecular formula is C10H16N2O3S. The van der Waals surface area contributed by atoms with Crippen LogP contribution in [0.1, 0.15) is 32.1 Å². The van der Waals surface area contributed by atoms with E-state index in [-0.39, 0.29) is 17.2 Å². The number of hydrogen-bond acceptors (Lipinski definition) is 4. The predicted molar refractivity (Wildman–Crippen MR) is 58.2 cm³/mol. The Morgan fingerprint density at radius 1 is 1.31 bits per heavy atom. The highest BCUT2D eigenvalue weighted by atomic mass is 32.2. The van der Waals surface area contributed by atoms with E-state index in [4.69, 9.17) is 0 Å². The monoisotopic (exact) mass is 244 g/mol. The van der Waals surface area contributed by atoms with Gasteiger partial charge < -0.3 is 5.32 Å². The summed E-state index contributed by atoms with van der Waals surface area (Å²) < 4.78 is 25.4. The number of rotatable bonds is 3. The summed E-state index contributed by atoms with van der Waals surface area (Å²) in [5.41, 5.74) is 0.311. The van der Waals surface area contributed by atoms with Crippen molar-refractivity contribution in [3.8, 4) is 0 Å². The van der Waals surface area contributed by atoms with E-state index in [1.807, 2.05) is 0 Å². The van der Waals surface area contributed by atoms with Crippen LogP contribution in [0.3, 0.4) is 0 Å². The number of amides is 1. The van der Waals surface area contributed by atoms with Crippen molar-refractivity contribution in [1.29, 1.82) is 0 Å². The molecule has 16 heavy (non-hydrogen) atoms. The van der Waals surface area contributed by atoms with Crippen LogP contribution in [0.25, 0.3) is 0 Å². The van der Waals surface area contributed by atoms with Crippen LogP contribution in [0, 0.1) is 5.41 Å². The molecule has 2 N–H and O–H groups in total. The van der Waals surface area contributed by atoms with Crippen molar-refractivity contribution in [2.45, 2.75) is 43.4 Å². The first-order valence-corrected chi connectivity index (χ1v) is 7.34. The summed E-state index contributed by atoms with van der Waals surface area (Å²) >= 11 is 0. The maximum absolute atomic E-state index is 11.8. The number of carbonyl (C=O) groups is 1. The molecule has 0 aromatic carbocycles. The van der Waals surface area contributed by atoms with Gasteiger partial charge in [-0.05, 0) is 37.5 Å². The van der Waals surface area contributed by atoms with E-state index in [1.165, 1.54) is 12.8 Å². The highest BCUT2D eigenvalue weighted by Crippen LogP contribution is 2.51. The van der Waals surface area contributed by atoms with Crippen LogP contribution < -0.4 is 10.0 Å². The van der Waals surface area contributed by atoms with Crippen molar-refractivity contribution in [3.05, 3.63) is 0 Å². The smallest absolute Gasteiger partial charge is 0.250 e. The molecule has 1 heterocycles. The molecule has 2 aliphatic carbocycles. The minimum Gasteiger partial charge on any atom is -0.305 e. The summed E-state index contributed by atoms with van der Waals surface area (Å²) in [6.07, 6.45) is 4.49. The van der Waals surface area contributed by atoms with E-state index >= 15 is 0 Å². The molecule has 3 rings (SSSR count). The van der Waals surface area contributed by atoms with Gasteiger partial charge in [0.2, 0.25) is 10.0 Å². The van der Waals surface area contributed by atoms with Crippen LogP contribution in [-0.4, -0.2) is 32.2 Å². The molecule has 1 unspecified atom stereocenters. The first-order chi connectivity index (χ1) is 7.51. The Hall–Kier alpha value is -0.620. The van der Waals surface area contributed by atoms with Gasteiger partial charge in [-0.2, -0.15) is 0 Å². The lowest BCUT2D eigenvalue weighted by atomic mass is 10.0. The Balaban J connectivity index is 1.61. The molecule has 1 saturated heterocycles. The van der Waals surface area contributed by atoms with Crippen LogP contribution in [-0.2, 0) is 14.8 Å². The van der Waals surface area contributed by atoms with E-state index in [0.717, 1.165) is 13.0 Å². The molecular weight excluding hydrogens is 228 g/mol. The SMILES string of the molecule is O=C(NS(=O)(=O)C1CC1)C1CC2(CC2)CN1. The zero-order valence-electron chi connectivity index (χ0n) is 9.03. The third kappa shape index (κ3) is 1.84. The summed E-state index contributed by atoms with van der Waals surface area (Å²) in [7, 11) is -3.38. The Morgan fingerprint density at radius 2 is 2.00 bits per heavy atom. The molecule has 1 atom stereocenters. The van der Waals surface area contributed by atoms with E-state index in [0.29, 0.717) is 18.3 Å². The lowest BCUT2D eigenvalue weighted by Gasteiger charge is -2.11. The highest BCUT2D eigenvalue weighted by Gasteiger charge is 2.50. The van der Waals surface area contributed by atoms with E-state index in [1.54, 1.807) is 0 Å². The van der Waals surface area contributed by atoms with Gasteiger partial charge in [-0.25, -0.2) is 8.42 Å². The zero-order valence-corrected chi connectivity index (χ0v) is 9.85. The summed E-state index contributed by atoms with van der Waals surface area (Å²) in [4.78, 5) is 11.8. The highest BCUT2D eigenvalue weighted by molar-refractivity contribution is 7.90. The Labute approximate surface area is 95.0 Å². The van der Waals surface area contributed by atoms with Gasteiger partial charge in [0.25, 0.3) is 5.91 Å². The standard InChI is InChI=1S/C10H16N2O3S/c13-9(12-16(14,15)7-1-2-7)8-5-10(3-4-10)6-11-8/h7-8,11H,1-6H2,(H,12,13). The van der Waals surface area contributed by atoms with E-state index in [9.17, 15) is 13.2 Å². The average Bonchev–Trinajstić information content (AvgIpc) is 3.02. The third-order valence-corrected chi connectivity index (χ3v) is 5.68. The molecule has 1 aliphatic heterocycles. The molecule has 0 aromatic rings. The quantitative estimate of drug-likeness (QED) is 0.717. The molecule has 90 valence electrons. The van der Waals surface area contributed by atoms with Crippen LogP contribution in [0.15, 0.2) is 0 Å². The minimum absolute atomic E-state index is 0.309. The molecule has 5 nitrogen and oxygen atoms in total. The Morgan fingerprint density at radius 3 is 2.50 bits per heavy atom. The van der Waals surface area contributed by atoms with Gasteiger partial charge >= 0.3 is 0 Å². The topological polar surface area (TPSA) is 75.3 Å². The lowest BCUT2D eigenvalue weighted by Crippen LogP contribution is -2.44. The zero-order chi connectivity index (χ0) is 11.4. The molecule has 3 fully saturated rings. The van der Waals surface area contributed by atoms with Crippen molar-refractivity contribution in [2.75, 3.05) is 6.54 Å². The van der Waals surface area contributed by atoms with Crippen molar-refractivity contribution in [1.82, 2.24) is 10.0 Å². The van der Waals surface area contributed by atoms with Crippen molar-refractivity contribution in [2.24, 2.45) is 5.41 Å². The van der Waals surface area contributed by atoms with Gasteiger partial charge in [-0.1, -0.05) is 0 Å². The molecule has 0 aromatic heterocycles. The normalized spacial score (nSPS) is 31.6. The number of carbonyl (C=O) groups excluding carboxylic acids is 1. The average molecular weight is 244 g/mol. The largest absolute Gasteiger partial charge is 0.305 e. The maximum Gasteiger partial charge on any atom is 0.250 e. The van der Waals surface area contributed by atoms with Gasteiger partial charge in [-0.3, -0.25) is 9.52 Å². The fraction of sp³-hybridized carbons (Fsp3) is 0.900. The molecule has 0 radical (unpaired) electrons. The summed E-state index contributed by atoms with van der Waals surface area (Å²) in [6, 6.07) is -0.309. The second-order valence-electron chi connectivity index (χ2n) is 5.35. The molecule has 1 spiro atoms. The fourth-order valence-corrected chi connectivity index (χ4v) is 3.68.